The van der Waals surface area contributed by atoms with E-state index < -0.39 is 5.60 Å². The lowest BCUT2D eigenvalue weighted by Gasteiger charge is -2.28. The average molecular weight is 294 g/mol. The molecule has 0 aliphatic heterocycles. The van der Waals surface area contributed by atoms with Gasteiger partial charge in [0.05, 0.1) is 18.0 Å². The maximum atomic E-state index is 12.5. The van der Waals surface area contributed by atoms with E-state index in [2.05, 4.69) is 10.3 Å². The van der Waals surface area contributed by atoms with Crippen LogP contribution in [0.4, 0.5) is 5.69 Å². The fourth-order valence-electron chi connectivity index (χ4n) is 2.20. The molecule has 1 aromatic heterocycles. The quantitative estimate of drug-likeness (QED) is 0.799. The van der Waals surface area contributed by atoms with Crippen molar-refractivity contribution in [2.75, 3.05) is 18.5 Å². The van der Waals surface area contributed by atoms with Gasteiger partial charge >= 0.3 is 0 Å². The van der Waals surface area contributed by atoms with E-state index in [1.165, 1.54) is 0 Å². The summed E-state index contributed by atoms with van der Waals surface area (Å²) >= 11 is 0. The number of pyridine rings is 1. The van der Waals surface area contributed by atoms with E-state index >= 15 is 0 Å². The molecule has 21 heavy (non-hydrogen) atoms. The number of amides is 1. The molecule has 1 unspecified atom stereocenters. The summed E-state index contributed by atoms with van der Waals surface area (Å²) in [6.07, 6.45) is 1.56. The summed E-state index contributed by atoms with van der Waals surface area (Å²) < 4.78 is 11.0. The third-order valence-corrected chi connectivity index (χ3v) is 3.27. The van der Waals surface area contributed by atoms with Crippen molar-refractivity contribution in [2.45, 2.75) is 53.1 Å². The fraction of sp³-hybridized carbons (Fsp3) is 0.625. The molecule has 1 N–H and O–H groups in total. The van der Waals surface area contributed by atoms with Crippen LogP contribution < -0.4 is 10.1 Å². The highest BCUT2D eigenvalue weighted by Crippen LogP contribution is 2.23. The van der Waals surface area contributed by atoms with Crippen molar-refractivity contribution in [3.8, 4) is 5.88 Å². The Kier molecular flexibility index (Phi) is 6.62. The highest BCUT2D eigenvalue weighted by Gasteiger charge is 2.33. The largest absolute Gasteiger partial charge is 0.478 e. The molecule has 0 aliphatic rings. The van der Waals surface area contributed by atoms with E-state index in [0.717, 1.165) is 12.1 Å². The average Bonchev–Trinajstić information content (AvgIpc) is 2.42. The zero-order valence-electron chi connectivity index (χ0n) is 13.7. The fourth-order valence-corrected chi connectivity index (χ4v) is 2.20. The lowest BCUT2D eigenvalue weighted by atomic mass is 9.99. The van der Waals surface area contributed by atoms with E-state index in [-0.39, 0.29) is 5.91 Å². The van der Waals surface area contributed by atoms with Gasteiger partial charge in [-0.05, 0) is 40.2 Å². The zero-order valence-corrected chi connectivity index (χ0v) is 13.7. The van der Waals surface area contributed by atoms with Gasteiger partial charge in [0.2, 0.25) is 5.88 Å². The summed E-state index contributed by atoms with van der Waals surface area (Å²) in [7, 11) is 0. The molecule has 118 valence electrons. The normalized spacial score (nSPS) is 13.6. The van der Waals surface area contributed by atoms with Crippen LogP contribution in [0.25, 0.3) is 0 Å². The molecule has 0 aliphatic carbocycles. The highest BCUT2D eigenvalue weighted by atomic mass is 16.5. The van der Waals surface area contributed by atoms with Gasteiger partial charge in [-0.15, -0.1) is 0 Å². The Morgan fingerprint density at radius 2 is 2.00 bits per heavy atom. The molecule has 0 radical (unpaired) electrons. The summed E-state index contributed by atoms with van der Waals surface area (Å²) in [5.74, 6) is 0.425. The SMILES string of the molecule is CCCC(C)(OCC)C(=O)Nc1ccc(OCC)nc1C. The summed E-state index contributed by atoms with van der Waals surface area (Å²) in [5, 5.41) is 2.91. The molecule has 0 aromatic carbocycles. The number of hydrogen-bond acceptors (Lipinski definition) is 4. The monoisotopic (exact) mass is 294 g/mol. The first-order chi connectivity index (χ1) is 9.96. The Balaban J connectivity index is 2.86. The van der Waals surface area contributed by atoms with Crippen LogP contribution in [-0.2, 0) is 9.53 Å². The molecule has 0 spiro atoms. The number of aromatic nitrogens is 1. The van der Waals surface area contributed by atoms with Gasteiger partial charge < -0.3 is 14.8 Å². The number of anilines is 1. The Bertz CT molecular complexity index is 469. The van der Waals surface area contributed by atoms with Crippen LogP contribution in [0, 0.1) is 6.92 Å². The second-order valence-corrected chi connectivity index (χ2v) is 5.08. The maximum absolute atomic E-state index is 12.5. The number of aryl methyl sites for hydroxylation is 1. The van der Waals surface area contributed by atoms with E-state index in [0.29, 0.717) is 31.2 Å². The number of hydrogen-bond donors (Lipinski definition) is 1. The van der Waals surface area contributed by atoms with Crippen LogP contribution in [0.3, 0.4) is 0 Å². The second kappa shape index (κ2) is 7.98. The minimum absolute atomic E-state index is 0.139. The topological polar surface area (TPSA) is 60.5 Å². The van der Waals surface area contributed by atoms with Crippen molar-refractivity contribution in [1.82, 2.24) is 4.98 Å². The molecule has 0 bridgehead atoms. The van der Waals surface area contributed by atoms with Crippen molar-refractivity contribution in [3.63, 3.8) is 0 Å². The Morgan fingerprint density at radius 3 is 2.52 bits per heavy atom. The standard InChI is InChI=1S/C16H26N2O3/c1-6-11-16(5,21-8-3)15(19)18-13-9-10-14(20-7-2)17-12(13)4/h9-10H,6-8,11H2,1-5H3,(H,18,19). The lowest BCUT2D eigenvalue weighted by molar-refractivity contribution is -0.139. The number of carbonyl (C=O) groups is 1. The van der Waals surface area contributed by atoms with Crippen LogP contribution >= 0.6 is 0 Å². The van der Waals surface area contributed by atoms with Gasteiger partial charge in [0.25, 0.3) is 5.91 Å². The first kappa shape index (κ1) is 17.4. The van der Waals surface area contributed by atoms with Gasteiger partial charge in [0.1, 0.15) is 5.60 Å². The van der Waals surface area contributed by atoms with E-state index in [1.807, 2.05) is 40.7 Å². The first-order valence-electron chi connectivity index (χ1n) is 7.52. The molecule has 5 heteroatoms. The van der Waals surface area contributed by atoms with Gasteiger partial charge in [-0.3, -0.25) is 4.79 Å². The van der Waals surface area contributed by atoms with Crippen molar-refractivity contribution < 1.29 is 14.3 Å². The van der Waals surface area contributed by atoms with Gasteiger partial charge in [-0.1, -0.05) is 13.3 Å². The van der Waals surface area contributed by atoms with Gasteiger partial charge in [-0.25, -0.2) is 4.98 Å². The predicted octanol–water partition coefficient (Wildman–Crippen LogP) is 3.32. The van der Waals surface area contributed by atoms with Crippen LogP contribution in [0.15, 0.2) is 12.1 Å². The van der Waals surface area contributed by atoms with Gasteiger partial charge in [0.15, 0.2) is 0 Å². The van der Waals surface area contributed by atoms with Crippen LogP contribution in [0.2, 0.25) is 0 Å². The molecule has 0 saturated heterocycles. The third-order valence-electron chi connectivity index (χ3n) is 3.27. The minimum atomic E-state index is -0.811. The Labute approximate surface area is 127 Å². The number of nitrogens with one attached hydrogen (secondary N) is 1. The van der Waals surface area contributed by atoms with Crippen LogP contribution in [0.5, 0.6) is 5.88 Å². The molecule has 0 saturated carbocycles. The van der Waals surface area contributed by atoms with Crippen molar-refractivity contribution >= 4 is 11.6 Å². The summed E-state index contributed by atoms with van der Waals surface area (Å²) in [5.41, 5.74) is 0.601. The van der Waals surface area contributed by atoms with E-state index in [1.54, 1.807) is 6.07 Å². The molecular weight excluding hydrogens is 268 g/mol. The Hall–Kier alpha value is -1.62. The number of rotatable bonds is 8. The molecular formula is C16H26N2O3. The first-order valence-corrected chi connectivity index (χ1v) is 7.52. The summed E-state index contributed by atoms with van der Waals surface area (Å²) in [4.78, 5) is 16.8. The van der Waals surface area contributed by atoms with Crippen LogP contribution in [0.1, 0.15) is 46.2 Å². The molecule has 5 nitrogen and oxygen atoms in total. The summed E-state index contributed by atoms with van der Waals surface area (Å²) in [6, 6.07) is 3.56. The zero-order chi connectivity index (χ0) is 15.9. The van der Waals surface area contributed by atoms with Crippen molar-refractivity contribution in [2.24, 2.45) is 0 Å². The molecule has 1 rings (SSSR count). The smallest absolute Gasteiger partial charge is 0.256 e. The second-order valence-electron chi connectivity index (χ2n) is 5.08. The van der Waals surface area contributed by atoms with Crippen LogP contribution in [-0.4, -0.2) is 29.7 Å². The highest BCUT2D eigenvalue weighted by molar-refractivity contribution is 5.97. The van der Waals surface area contributed by atoms with Gasteiger partial charge in [-0.2, -0.15) is 0 Å². The molecule has 0 fully saturated rings. The van der Waals surface area contributed by atoms with Crippen molar-refractivity contribution in [3.05, 3.63) is 17.8 Å². The molecule has 1 heterocycles. The summed E-state index contributed by atoms with van der Waals surface area (Å²) in [6.45, 7) is 10.6. The van der Waals surface area contributed by atoms with E-state index in [4.69, 9.17) is 9.47 Å². The number of nitrogens with zero attached hydrogens (tertiary/aromatic N) is 1. The molecule has 1 atom stereocenters. The van der Waals surface area contributed by atoms with E-state index in [9.17, 15) is 4.79 Å². The molecule has 1 aromatic rings. The number of carbonyl (C=O) groups excluding carboxylic acids is 1. The number of ether oxygens (including phenoxy) is 2. The maximum Gasteiger partial charge on any atom is 0.256 e. The molecule has 1 amide bonds. The van der Waals surface area contributed by atoms with Gasteiger partial charge in [0, 0.05) is 12.7 Å². The third kappa shape index (κ3) is 4.70. The lowest BCUT2D eigenvalue weighted by Crippen LogP contribution is -2.42. The minimum Gasteiger partial charge on any atom is -0.478 e. The Morgan fingerprint density at radius 1 is 1.29 bits per heavy atom. The predicted molar refractivity (Wildman–Crippen MR) is 83.7 cm³/mol. The van der Waals surface area contributed by atoms with Crippen molar-refractivity contribution in [1.29, 1.82) is 0 Å².